The molecule has 0 amide bonds. The molecule has 0 radical (unpaired) electrons. The van der Waals surface area contributed by atoms with Gasteiger partial charge in [-0.2, -0.15) is 4.98 Å². The minimum absolute atomic E-state index is 0.238. The van der Waals surface area contributed by atoms with Gasteiger partial charge in [0, 0.05) is 37.4 Å². The number of hydrogen-bond donors (Lipinski definition) is 3. The van der Waals surface area contributed by atoms with Crippen LogP contribution in [0.15, 0.2) is 18.2 Å². The van der Waals surface area contributed by atoms with Crippen LogP contribution in [0.5, 0.6) is 0 Å². The Bertz CT molecular complexity index is 971. The highest BCUT2D eigenvalue weighted by molar-refractivity contribution is 7.80. The Balaban J connectivity index is 1.30. The number of halogens is 1. The van der Waals surface area contributed by atoms with E-state index in [4.69, 9.17) is 22.2 Å². The van der Waals surface area contributed by atoms with E-state index in [1.807, 2.05) is 6.92 Å². The molecule has 1 fully saturated rings. The van der Waals surface area contributed by atoms with E-state index >= 15 is 0 Å². The molecule has 1 heterocycles. The minimum atomic E-state index is -0.238. The third-order valence-corrected chi connectivity index (χ3v) is 6.64. The highest BCUT2D eigenvalue weighted by Gasteiger charge is 2.24. The lowest BCUT2D eigenvalue weighted by molar-refractivity contribution is 0.387. The van der Waals surface area contributed by atoms with Gasteiger partial charge in [-0.3, -0.25) is 0 Å². The lowest BCUT2D eigenvalue weighted by atomic mass is 9.91. The molecule has 1 saturated carbocycles. The Morgan fingerprint density at radius 3 is 2.50 bits per heavy atom. The van der Waals surface area contributed by atoms with E-state index in [2.05, 4.69) is 34.9 Å². The summed E-state index contributed by atoms with van der Waals surface area (Å²) >= 11 is 5.48. The van der Waals surface area contributed by atoms with Crippen LogP contribution >= 0.6 is 12.2 Å². The molecule has 2 aliphatic rings. The Labute approximate surface area is 195 Å². The molecule has 32 heavy (non-hydrogen) atoms. The highest BCUT2D eigenvalue weighted by atomic mass is 32.1. The molecule has 0 spiro atoms. The molecule has 2 aliphatic carbocycles. The molecule has 3 N–H and O–H groups in total. The average Bonchev–Trinajstić information content (AvgIpc) is 2.76. The first-order valence-electron chi connectivity index (χ1n) is 11.6. The first-order chi connectivity index (χ1) is 15.4. The van der Waals surface area contributed by atoms with Gasteiger partial charge >= 0.3 is 0 Å². The van der Waals surface area contributed by atoms with Gasteiger partial charge in [-0.15, -0.1) is 0 Å². The number of benzene rings is 1. The van der Waals surface area contributed by atoms with Crippen LogP contribution in [0.1, 0.15) is 55.3 Å². The number of hydrogen-bond acceptors (Lipinski definition) is 5. The largest absolute Gasteiger partial charge is 0.362 e. The van der Waals surface area contributed by atoms with Crippen molar-refractivity contribution in [2.24, 2.45) is 0 Å². The number of nitrogens with one attached hydrogen (secondary N) is 3. The fourth-order valence-corrected chi connectivity index (χ4v) is 4.96. The topological polar surface area (TPSA) is 65.1 Å². The molecule has 2 aromatic rings. The van der Waals surface area contributed by atoms with Crippen molar-refractivity contribution in [2.75, 3.05) is 29.6 Å². The molecule has 0 unspecified atom stereocenters. The molecular weight excluding hydrogens is 423 g/mol. The van der Waals surface area contributed by atoms with E-state index in [-0.39, 0.29) is 5.82 Å². The first kappa shape index (κ1) is 22.7. The van der Waals surface area contributed by atoms with Crippen molar-refractivity contribution in [1.82, 2.24) is 15.3 Å². The molecule has 1 aromatic carbocycles. The maximum absolute atomic E-state index is 13.3. The summed E-state index contributed by atoms with van der Waals surface area (Å²) in [7, 11) is 4.12. The van der Waals surface area contributed by atoms with E-state index in [1.165, 1.54) is 36.2 Å². The molecular formula is C24H33FN6S. The van der Waals surface area contributed by atoms with Crippen LogP contribution in [-0.2, 0) is 12.8 Å². The van der Waals surface area contributed by atoms with Crippen LogP contribution in [0.3, 0.4) is 0 Å². The van der Waals surface area contributed by atoms with Crippen molar-refractivity contribution in [2.45, 2.75) is 70.4 Å². The zero-order valence-electron chi connectivity index (χ0n) is 19.2. The zero-order valence-corrected chi connectivity index (χ0v) is 20.0. The standard InChI is InChI=1S/C24H33FN6S/c1-15-14-16(25)8-13-20(15)29-24(32)27-18-11-9-17(10-12-18)26-23-28-21-7-5-4-6-19(21)22(30-23)31(2)3/h8,13-14,17-18H,4-7,9-12H2,1-3H3,(H,26,28,30)(H2,27,29,32). The predicted octanol–water partition coefficient (Wildman–Crippen LogP) is 4.58. The van der Waals surface area contributed by atoms with E-state index < -0.39 is 0 Å². The van der Waals surface area contributed by atoms with Gasteiger partial charge in [-0.05, 0) is 94.3 Å². The van der Waals surface area contributed by atoms with Crippen molar-refractivity contribution in [3.8, 4) is 0 Å². The molecule has 0 saturated heterocycles. The second kappa shape index (κ2) is 9.98. The molecule has 8 heteroatoms. The molecule has 4 rings (SSSR count). The summed E-state index contributed by atoms with van der Waals surface area (Å²) in [6.07, 6.45) is 8.66. The third-order valence-electron chi connectivity index (χ3n) is 6.42. The lowest BCUT2D eigenvalue weighted by Gasteiger charge is -2.31. The van der Waals surface area contributed by atoms with Crippen LogP contribution in [0.2, 0.25) is 0 Å². The van der Waals surface area contributed by atoms with E-state index in [0.29, 0.717) is 17.2 Å². The minimum Gasteiger partial charge on any atom is -0.362 e. The van der Waals surface area contributed by atoms with Crippen LogP contribution in [-0.4, -0.2) is 41.3 Å². The first-order valence-corrected chi connectivity index (χ1v) is 12.0. The summed E-state index contributed by atoms with van der Waals surface area (Å²) in [5, 5.41) is 10.8. The normalized spacial score (nSPS) is 20.2. The van der Waals surface area contributed by atoms with Crippen LogP contribution < -0.4 is 20.9 Å². The van der Waals surface area contributed by atoms with Gasteiger partial charge in [0.25, 0.3) is 0 Å². The maximum atomic E-state index is 13.3. The third kappa shape index (κ3) is 5.46. The molecule has 0 atom stereocenters. The predicted molar refractivity (Wildman–Crippen MR) is 133 cm³/mol. The quantitative estimate of drug-likeness (QED) is 0.569. The van der Waals surface area contributed by atoms with Gasteiger partial charge in [0.05, 0.1) is 5.69 Å². The van der Waals surface area contributed by atoms with Gasteiger partial charge in [-0.1, -0.05) is 0 Å². The summed E-state index contributed by atoms with van der Waals surface area (Å²) in [6.45, 7) is 1.87. The van der Waals surface area contributed by atoms with E-state index in [9.17, 15) is 4.39 Å². The van der Waals surface area contributed by atoms with Crippen molar-refractivity contribution >= 4 is 34.8 Å². The number of aryl methyl sites for hydroxylation is 2. The Morgan fingerprint density at radius 2 is 1.78 bits per heavy atom. The van der Waals surface area contributed by atoms with Crippen molar-refractivity contribution in [3.63, 3.8) is 0 Å². The molecule has 6 nitrogen and oxygen atoms in total. The average molecular weight is 457 g/mol. The summed E-state index contributed by atoms with van der Waals surface area (Å²) < 4.78 is 13.3. The fourth-order valence-electron chi connectivity index (χ4n) is 4.68. The molecule has 172 valence electrons. The number of thiocarbonyl (C=S) groups is 1. The van der Waals surface area contributed by atoms with E-state index in [1.54, 1.807) is 6.07 Å². The number of fused-ring (bicyclic) bond motifs is 1. The fraction of sp³-hybridized carbons (Fsp3) is 0.542. The van der Waals surface area contributed by atoms with Gasteiger partial charge in [0.1, 0.15) is 11.6 Å². The summed E-state index contributed by atoms with van der Waals surface area (Å²) in [5.41, 5.74) is 4.20. The van der Waals surface area contributed by atoms with Gasteiger partial charge in [-0.25, -0.2) is 9.37 Å². The van der Waals surface area contributed by atoms with E-state index in [0.717, 1.165) is 61.5 Å². The second-order valence-corrected chi connectivity index (χ2v) is 9.56. The summed E-state index contributed by atoms with van der Waals surface area (Å²) in [4.78, 5) is 11.8. The Kier molecular flexibility index (Phi) is 7.08. The summed E-state index contributed by atoms with van der Waals surface area (Å²) in [6, 6.07) is 5.37. The Morgan fingerprint density at radius 1 is 1.06 bits per heavy atom. The zero-order chi connectivity index (χ0) is 22.7. The highest BCUT2D eigenvalue weighted by Crippen LogP contribution is 2.29. The van der Waals surface area contributed by atoms with Crippen molar-refractivity contribution < 1.29 is 4.39 Å². The number of nitrogens with zero attached hydrogens (tertiary/aromatic N) is 3. The van der Waals surface area contributed by atoms with Crippen LogP contribution in [0, 0.1) is 12.7 Å². The van der Waals surface area contributed by atoms with Crippen LogP contribution in [0.4, 0.5) is 21.8 Å². The Hall–Kier alpha value is -2.48. The molecule has 1 aromatic heterocycles. The molecule has 0 aliphatic heterocycles. The van der Waals surface area contributed by atoms with Gasteiger partial charge in [0.2, 0.25) is 5.95 Å². The number of anilines is 3. The van der Waals surface area contributed by atoms with Crippen molar-refractivity contribution in [3.05, 3.63) is 40.8 Å². The maximum Gasteiger partial charge on any atom is 0.225 e. The molecule has 0 bridgehead atoms. The lowest BCUT2D eigenvalue weighted by Crippen LogP contribution is -2.42. The van der Waals surface area contributed by atoms with Gasteiger partial charge < -0.3 is 20.9 Å². The van der Waals surface area contributed by atoms with Crippen LogP contribution in [0.25, 0.3) is 0 Å². The van der Waals surface area contributed by atoms with Crippen molar-refractivity contribution in [1.29, 1.82) is 0 Å². The number of rotatable bonds is 5. The SMILES string of the molecule is Cc1cc(F)ccc1NC(=S)NC1CCC(Nc2nc3c(c(N(C)C)n2)CCCC3)CC1. The van der Waals surface area contributed by atoms with Gasteiger partial charge in [0.15, 0.2) is 5.11 Å². The smallest absolute Gasteiger partial charge is 0.225 e. The summed E-state index contributed by atoms with van der Waals surface area (Å²) in [5.74, 6) is 1.58. The second-order valence-electron chi connectivity index (χ2n) is 9.15. The number of aromatic nitrogens is 2. The monoisotopic (exact) mass is 456 g/mol.